The SMILES string of the molecule is Cc1ccc(-c2nc(COC(=O)c3ccc(OC[C@@H]4CCCO4)cc3)cs2)cc1. The maximum absolute atomic E-state index is 12.3. The van der Waals surface area contributed by atoms with Crippen molar-refractivity contribution < 1.29 is 19.0 Å². The third-order valence-electron chi connectivity index (χ3n) is 4.75. The molecule has 4 rings (SSSR count). The van der Waals surface area contributed by atoms with Crippen LogP contribution in [-0.2, 0) is 16.1 Å². The number of nitrogens with zero attached hydrogens (tertiary/aromatic N) is 1. The van der Waals surface area contributed by atoms with E-state index in [0.29, 0.717) is 12.2 Å². The van der Waals surface area contributed by atoms with E-state index >= 15 is 0 Å². The summed E-state index contributed by atoms with van der Waals surface area (Å²) in [7, 11) is 0. The predicted octanol–water partition coefficient (Wildman–Crippen LogP) is 5.03. The summed E-state index contributed by atoms with van der Waals surface area (Å²) in [5, 5.41) is 2.84. The van der Waals surface area contributed by atoms with Crippen molar-refractivity contribution in [2.24, 2.45) is 0 Å². The van der Waals surface area contributed by atoms with E-state index in [1.807, 2.05) is 17.5 Å². The van der Waals surface area contributed by atoms with Crippen molar-refractivity contribution in [2.45, 2.75) is 32.5 Å². The number of hydrogen-bond donors (Lipinski definition) is 0. The minimum atomic E-state index is -0.374. The van der Waals surface area contributed by atoms with Gasteiger partial charge in [0.05, 0.1) is 17.4 Å². The number of hydrogen-bond acceptors (Lipinski definition) is 6. The van der Waals surface area contributed by atoms with Gasteiger partial charge in [0.25, 0.3) is 0 Å². The molecule has 0 saturated carbocycles. The highest BCUT2D eigenvalue weighted by molar-refractivity contribution is 7.13. The van der Waals surface area contributed by atoms with Gasteiger partial charge in [-0.15, -0.1) is 11.3 Å². The van der Waals surface area contributed by atoms with Gasteiger partial charge in [-0.05, 0) is 44.0 Å². The Morgan fingerprint density at radius 2 is 1.97 bits per heavy atom. The summed E-state index contributed by atoms with van der Waals surface area (Å²) in [6, 6.07) is 15.2. The number of benzene rings is 2. The second kappa shape index (κ2) is 9.20. The second-order valence-corrected chi connectivity index (χ2v) is 7.91. The van der Waals surface area contributed by atoms with Gasteiger partial charge in [0.2, 0.25) is 0 Å². The number of rotatable bonds is 7. The smallest absolute Gasteiger partial charge is 0.338 e. The lowest BCUT2D eigenvalue weighted by Crippen LogP contribution is -2.16. The topological polar surface area (TPSA) is 57.7 Å². The number of thiazole rings is 1. The fourth-order valence-corrected chi connectivity index (χ4v) is 3.89. The van der Waals surface area contributed by atoms with Gasteiger partial charge in [0.15, 0.2) is 0 Å². The molecule has 0 radical (unpaired) electrons. The van der Waals surface area contributed by atoms with Gasteiger partial charge in [-0.1, -0.05) is 29.8 Å². The lowest BCUT2D eigenvalue weighted by molar-refractivity contribution is 0.0468. The summed E-state index contributed by atoms with van der Waals surface area (Å²) < 4.78 is 16.7. The number of esters is 1. The molecule has 0 unspecified atom stereocenters. The third-order valence-corrected chi connectivity index (χ3v) is 5.69. The van der Waals surface area contributed by atoms with Crippen LogP contribution in [0.2, 0.25) is 0 Å². The summed E-state index contributed by atoms with van der Waals surface area (Å²) >= 11 is 1.54. The highest BCUT2D eigenvalue weighted by Crippen LogP contribution is 2.24. The first kappa shape index (κ1) is 19.6. The Labute approximate surface area is 174 Å². The zero-order valence-corrected chi connectivity index (χ0v) is 17.1. The van der Waals surface area contributed by atoms with Gasteiger partial charge >= 0.3 is 5.97 Å². The number of carbonyl (C=O) groups excluding carboxylic acids is 1. The van der Waals surface area contributed by atoms with Crippen LogP contribution in [0.15, 0.2) is 53.9 Å². The van der Waals surface area contributed by atoms with Crippen LogP contribution in [0.5, 0.6) is 5.75 Å². The minimum Gasteiger partial charge on any atom is -0.491 e. The van der Waals surface area contributed by atoms with E-state index in [9.17, 15) is 4.79 Å². The Balaban J connectivity index is 1.28. The van der Waals surface area contributed by atoms with Crippen LogP contribution in [0, 0.1) is 6.92 Å². The van der Waals surface area contributed by atoms with Crippen LogP contribution in [0.1, 0.15) is 34.5 Å². The molecule has 1 saturated heterocycles. The Kier molecular flexibility index (Phi) is 6.22. The molecule has 0 aliphatic carbocycles. The maximum Gasteiger partial charge on any atom is 0.338 e. The summed E-state index contributed by atoms with van der Waals surface area (Å²) in [5.74, 6) is 0.347. The van der Waals surface area contributed by atoms with E-state index in [-0.39, 0.29) is 18.7 Å². The van der Waals surface area contributed by atoms with Crippen molar-refractivity contribution >= 4 is 17.3 Å². The van der Waals surface area contributed by atoms with Gasteiger partial charge in [0.1, 0.15) is 24.0 Å². The summed E-state index contributed by atoms with van der Waals surface area (Å²) in [6.07, 6.45) is 2.29. The fourth-order valence-electron chi connectivity index (χ4n) is 3.08. The highest BCUT2D eigenvalue weighted by atomic mass is 32.1. The number of aromatic nitrogens is 1. The molecule has 1 aliphatic heterocycles. The molecule has 0 amide bonds. The minimum absolute atomic E-state index is 0.151. The molecule has 2 aromatic carbocycles. The first-order valence-electron chi connectivity index (χ1n) is 9.70. The summed E-state index contributed by atoms with van der Waals surface area (Å²) in [6.45, 7) is 3.55. The van der Waals surface area contributed by atoms with Crippen molar-refractivity contribution in [1.82, 2.24) is 4.98 Å². The van der Waals surface area contributed by atoms with Gasteiger partial charge < -0.3 is 14.2 Å². The van der Waals surface area contributed by atoms with Crippen LogP contribution in [0.25, 0.3) is 10.6 Å². The molecule has 5 nitrogen and oxygen atoms in total. The molecular formula is C23H23NO4S. The van der Waals surface area contributed by atoms with Crippen molar-refractivity contribution in [3.05, 3.63) is 70.7 Å². The van der Waals surface area contributed by atoms with Crippen LogP contribution in [-0.4, -0.2) is 30.3 Å². The second-order valence-electron chi connectivity index (χ2n) is 7.06. The van der Waals surface area contributed by atoms with Crippen molar-refractivity contribution in [1.29, 1.82) is 0 Å². The van der Waals surface area contributed by atoms with E-state index < -0.39 is 0 Å². The van der Waals surface area contributed by atoms with Crippen LogP contribution >= 0.6 is 11.3 Å². The van der Waals surface area contributed by atoms with Gasteiger partial charge in [-0.3, -0.25) is 0 Å². The van der Waals surface area contributed by atoms with Crippen LogP contribution in [0.3, 0.4) is 0 Å². The van der Waals surface area contributed by atoms with E-state index in [0.717, 1.165) is 41.5 Å². The van der Waals surface area contributed by atoms with E-state index in [1.165, 1.54) is 5.56 Å². The van der Waals surface area contributed by atoms with Crippen LogP contribution < -0.4 is 4.74 Å². The first-order chi connectivity index (χ1) is 14.2. The molecule has 0 N–H and O–H groups in total. The number of ether oxygens (including phenoxy) is 3. The lowest BCUT2D eigenvalue weighted by Gasteiger charge is -2.11. The van der Waals surface area contributed by atoms with E-state index in [1.54, 1.807) is 35.6 Å². The molecule has 1 fully saturated rings. The molecule has 0 bridgehead atoms. The molecule has 150 valence electrons. The standard InChI is InChI=1S/C23H23NO4S/c1-16-4-6-17(7-5-16)22-24-19(15-29-22)13-28-23(25)18-8-10-20(11-9-18)27-14-21-3-2-12-26-21/h4-11,15,21H,2-3,12-14H2,1H3/t21-/m0/s1. The van der Waals surface area contributed by atoms with Crippen molar-refractivity contribution in [2.75, 3.05) is 13.2 Å². The Morgan fingerprint density at radius 3 is 2.69 bits per heavy atom. The normalized spacial score (nSPS) is 16.0. The number of carbonyl (C=O) groups is 1. The number of aryl methyl sites for hydroxylation is 1. The molecule has 6 heteroatoms. The molecular weight excluding hydrogens is 386 g/mol. The first-order valence-corrected chi connectivity index (χ1v) is 10.6. The summed E-state index contributed by atoms with van der Waals surface area (Å²) in [4.78, 5) is 16.9. The molecule has 2 heterocycles. The predicted molar refractivity (Wildman–Crippen MR) is 112 cm³/mol. The largest absolute Gasteiger partial charge is 0.491 e. The molecule has 1 atom stereocenters. The zero-order chi connectivity index (χ0) is 20.1. The quantitative estimate of drug-likeness (QED) is 0.512. The Hall–Kier alpha value is -2.70. The molecule has 0 spiro atoms. The molecule has 1 aliphatic rings. The summed E-state index contributed by atoms with van der Waals surface area (Å²) in [5.41, 5.74) is 3.51. The average Bonchev–Trinajstić information content (AvgIpc) is 3.44. The van der Waals surface area contributed by atoms with Crippen LogP contribution in [0.4, 0.5) is 0 Å². The van der Waals surface area contributed by atoms with E-state index in [4.69, 9.17) is 14.2 Å². The van der Waals surface area contributed by atoms with Gasteiger partial charge in [-0.2, -0.15) is 0 Å². The highest BCUT2D eigenvalue weighted by Gasteiger charge is 2.16. The Morgan fingerprint density at radius 1 is 1.17 bits per heavy atom. The van der Waals surface area contributed by atoms with Crippen molar-refractivity contribution in [3.63, 3.8) is 0 Å². The molecule has 1 aromatic heterocycles. The van der Waals surface area contributed by atoms with Gasteiger partial charge in [-0.25, -0.2) is 9.78 Å². The van der Waals surface area contributed by atoms with E-state index in [2.05, 4.69) is 24.0 Å². The van der Waals surface area contributed by atoms with Gasteiger partial charge in [0, 0.05) is 17.6 Å². The molecule has 3 aromatic rings. The van der Waals surface area contributed by atoms with Crippen molar-refractivity contribution in [3.8, 4) is 16.3 Å². The maximum atomic E-state index is 12.3. The Bertz CT molecular complexity index is 944. The molecule has 29 heavy (non-hydrogen) atoms. The average molecular weight is 410 g/mol. The zero-order valence-electron chi connectivity index (χ0n) is 16.3. The third kappa shape index (κ3) is 5.22. The fraction of sp³-hybridized carbons (Fsp3) is 0.304. The monoisotopic (exact) mass is 409 g/mol. The lowest BCUT2D eigenvalue weighted by atomic mass is 10.2.